The summed E-state index contributed by atoms with van der Waals surface area (Å²) in [6.07, 6.45) is 1.41. The zero-order chi connectivity index (χ0) is 8.69. The number of hydrogen-bond donors (Lipinski definition) is 2. The third kappa shape index (κ3) is 6.84. The molecule has 0 radical (unpaired) electrons. The van der Waals surface area contributed by atoms with E-state index < -0.39 is 5.97 Å². The Morgan fingerprint density at radius 2 is 2.45 bits per heavy atom. The average Bonchev–Trinajstić information content (AvgIpc) is 1.97. The van der Waals surface area contributed by atoms with Crippen LogP contribution >= 0.6 is 11.6 Å². The molecule has 0 unspecified atom stereocenters. The normalized spacial score (nSPS) is 10.7. The lowest BCUT2D eigenvalue weighted by Crippen LogP contribution is -2.22. The van der Waals surface area contributed by atoms with E-state index in [1.807, 2.05) is 0 Å². The van der Waals surface area contributed by atoms with Crippen LogP contribution < -0.4 is 5.32 Å². The summed E-state index contributed by atoms with van der Waals surface area (Å²) in [7, 11) is 0. The highest BCUT2D eigenvalue weighted by atomic mass is 35.5. The monoisotopic (exact) mass is 174 g/mol. The Bertz CT molecular complexity index is 207. The fourth-order valence-corrected chi connectivity index (χ4v) is 0.464. The second kappa shape index (κ2) is 5.71. The fraction of sp³-hybridized carbons (Fsp3) is 0.333. The molecule has 0 rings (SSSR count). The van der Waals surface area contributed by atoms with E-state index in [0.717, 1.165) is 0 Å². The summed E-state index contributed by atoms with van der Waals surface area (Å²) >= 11 is 5.29. The van der Waals surface area contributed by atoms with Gasteiger partial charge in [-0.1, -0.05) is 11.6 Å². The number of allylic oxidation sites excluding steroid dienone is 1. The largest absolute Gasteiger partial charge is 0.480 e. The van der Waals surface area contributed by atoms with Gasteiger partial charge in [-0.25, -0.2) is 0 Å². The number of nitriles is 1. The number of rotatable bonds is 4. The van der Waals surface area contributed by atoms with Gasteiger partial charge in [0.2, 0.25) is 0 Å². The molecule has 0 atom stereocenters. The van der Waals surface area contributed by atoms with Crippen molar-refractivity contribution in [3.05, 3.63) is 11.1 Å². The summed E-state index contributed by atoms with van der Waals surface area (Å²) in [5.74, 6) is -0.938. The number of nitrogens with one attached hydrogen (secondary N) is 1. The van der Waals surface area contributed by atoms with Crippen LogP contribution in [0.1, 0.15) is 0 Å². The Morgan fingerprint density at radius 1 is 1.82 bits per heavy atom. The van der Waals surface area contributed by atoms with E-state index in [9.17, 15) is 4.79 Å². The molecule has 0 bridgehead atoms. The minimum absolute atomic E-state index is 0.0582. The summed E-state index contributed by atoms with van der Waals surface area (Å²) in [6.45, 7) is 0.158. The molecule has 0 aliphatic rings. The van der Waals surface area contributed by atoms with E-state index in [1.54, 1.807) is 6.07 Å². The predicted octanol–water partition coefficient (Wildman–Crippen LogP) is 0.307. The summed E-state index contributed by atoms with van der Waals surface area (Å²) < 4.78 is 0. The van der Waals surface area contributed by atoms with Gasteiger partial charge in [-0.15, -0.1) is 0 Å². The molecule has 0 heterocycles. The maximum Gasteiger partial charge on any atom is 0.317 e. The maximum atomic E-state index is 9.93. The van der Waals surface area contributed by atoms with Crippen molar-refractivity contribution < 1.29 is 9.90 Å². The van der Waals surface area contributed by atoms with Crippen molar-refractivity contribution >= 4 is 17.6 Å². The molecular formula is C6H7ClN2O2. The Balaban J connectivity index is 3.43. The first-order valence-electron chi connectivity index (χ1n) is 2.85. The fourth-order valence-electron chi connectivity index (χ4n) is 0.387. The van der Waals surface area contributed by atoms with Gasteiger partial charge in [-0.2, -0.15) is 5.26 Å². The predicted molar refractivity (Wildman–Crippen MR) is 40.1 cm³/mol. The van der Waals surface area contributed by atoms with Crippen LogP contribution in [0, 0.1) is 11.3 Å². The number of carbonyl (C=O) groups is 1. The van der Waals surface area contributed by atoms with Gasteiger partial charge in [0.25, 0.3) is 0 Å². The van der Waals surface area contributed by atoms with Gasteiger partial charge in [0.1, 0.15) is 11.1 Å². The molecule has 5 heteroatoms. The molecule has 0 aromatic heterocycles. The first-order valence-corrected chi connectivity index (χ1v) is 3.23. The molecule has 0 fully saturated rings. The van der Waals surface area contributed by atoms with Crippen LogP contribution in [0.15, 0.2) is 11.1 Å². The standard InChI is InChI=1S/C6H7ClN2O2/c7-5(3-8)1-2-9-4-6(10)11/h1,9H,2,4H2,(H,10,11)/b5-1+. The van der Waals surface area contributed by atoms with Crippen LogP contribution in [0.4, 0.5) is 0 Å². The van der Waals surface area contributed by atoms with Gasteiger partial charge in [0.15, 0.2) is 0 Å². The molecule has 2 N–H and O–H groups in total. The second-order valence-corrected chi connectivity index (χ2v) is 2.10. The van der Waals surface area contributed by atoms with Crippen molar-refractivity contribution in [3.63, 3.8) is 0 Å². The van der Waals surface area contributed by atoms with E-state index in [2.05, 4.69) is 5.32 Å². The van der Waals surface area contributed by atoms with Crippen LogP contribution in [-0.4, -0.2) is 24.2 Å². The van der Waals surface area contributed by atoms with Gasteiger partial charge in [0.05, 0.1) is 6.54 Å². The van der Waals surface area contributed by atoms with E-state index in [4.69, 9.17) is 22.0 Å². The van der Waals surface area contributed by atoms with Crippen LogP contribution in [0.25, 0.3) is 0 Å². The Labute approximate surface area is 69.1 Å². The Kier molecular flexibility index (Phi) is 5.17. The third-order valence-electron chi connectivity index (χ3n) is 0.809. The van der Waals surface area contributed by atoms with Crippen LogP contribution in [-0.2, 0) is 4.79 Å². The van der Waals surface area contributed by atoms with Crippen molar-refractivity contribution in [2.24, 2.45) is 0 Å². The SMILES string of the molecule is N#C/C(Cl)=C\CNCC(=O)O. The average molecular weight is 175 g/mol. The van der Waals surface area contributed by atoms with Gasteiger partial charge in [-0.05, 0) is 6.08 Å². The minimum atomic E-state index is -0.938. The van der Waals surface area contributed by atoms with Crippen LogP contribution in [0.2, 0.25) is 0 Å². The molecule has 0 spiro atoms. The highest BCUT2D eigenvalue weighted by Gasteiger charge is 1.92. The van der Waals surface area contributed by atoms with Crippen LogP contribution in [0.3, 0.4) is 0 Å². The Hall–Kier alpha value is -1.05. The molecule has 0 amide bonds. The van der Waals surface area contributed by atoms with Gasteiger partial charge < -0.3 is 10.4 Å². The summed E-state index contributed by atoms with van der Waals surface area (Å²) in [5.41, 5.74) is 0. The van der Waals surface area contributed by atoms with Crippen molar-refractivity contribution in [1.82, 2.24) is 5.32 Å². The van der Waals surface area contributed by atoms with Crippen molar-refractivity contribution in [3.8, 4) is 6.07 Å². The summed E-state index contributed by atoms with van der Waals surface area (Å²) in [4.78, 5) is 9.93. The van der Waals surface area contributed by atoms with E-state index in [0.29, 0.717) is 6.54 Å². The minimum Gasteiger partial charge on any atom is -0.480 e. The van der Waals surface area contributed by atoms with Crippen molar-refractivity contribution in [1.29, 1.82) is 5.26 Å². The summed E-state index contributed by atoms with van der Waals surface area (Å²) in [6, 6.07) is 1.69. The molecule has 0 aliphatic heterocycles. The number of halogens is 1. The van der Waals surface area contributed by atoms with E-state index >= 15 is 0 Å². The molecule has 0 aliphatic carbocycles. The lowest BCUT2D eigenvalue weighted by Gasteiger charge is -1.93. The number of hydrogen-bond acceptors (Lipinski definition) is 3. The quantitative estimate of drug-likeness (QED) is 0.475. The molecule has 0 saturated carbocycles. The highest BCUT2D eigenvalue weighted by molar-refractivity contribution is 6.31. The smallest absolute Gasteiger partial charge is 0.317 e. The zero-order valence-electron chi connectivity index (χ0n) is 5.67. The maximum absolute atomic E-state index is 9.93. The molecule has 0 saturated heterocycles. The topological polar surface area (TPSA) is 73.1 Å². The van der Waals surface area contributed by atoms with Gasteiger partial charge in [-0.3, -0.25) is 4.79 Å². The molecule has 0 aromatic rings. The molecular weight excluding hydrogens is 168 g/mol. The molecule has 4 nitrogen and oxygen atoms in total. The second-order valence-electron chi connectivity index (χ2n) is 1.69. The lowest BCUT2D eigenvalue weighted by molar-refractivity contribution is -0.135. The summed E-state index contributed by atoms with van der Waals surface area (Å²) in [5, 5.41) is 18.9. The lowest BCUT2D eigenvalue weighted by atomic mass is 10.5. The van der Waals surface area contributed by atoms with Crippen molar-refractivity contribution in [2.45, 2.75) is 0 Å². The first kappa shape index (κ1) is 9.95. The van der Waals surface area contributed by atoms with Gasteiger partial charge in [0, 0.05) is 6.54 Å². The number of nitrogens with zero attached hydrogens (tertiary/aromatic N) is 1. The Morgan fingerprint density at radius 3 is 2.91 bits per heavy atom. The molecule has 0 aromatic carbocycles. The molecule has 11 heavy (non-hydrogen) atoms. The highest BCUT2D eigenvalue weighted by Crippen LogP contribution is 1.95. The van der Waals surface area contributed by atoms with E-state index in [-0.39, 0.29) is 11.6 Å². The first-order chi connectivity index (χ1) is 5.16. The van der Waals surface area contributed by atoms with E-state index in [1.165, 1.54) is 6.08 Å². The van der Waals surface area contributed by atoms with Gasteiger partial charge >= 0.3 is 5.97 Å². The van der Waals surface area contributed by atoms with Crippen LogP contribution in [0.5, 0.6) is 0 Å². The number of carboxylic acid groups (broad SMARTS) is 1. The van der Waals surface area contributed by atoms with Crippen molar-refractivity contribution in [2.75, 3.05) is 13.1 Å². The third-order valence-corrected chi connectivity index (χ3v) is 1.05. The molecule has 60 valence electrons. The number of aliphatic carboxylic acids is 1. The number of carboxylic acids is 1. The zero-order valence-corrected chi connectivity index (χ0v) is 6.43.